The second-order valence-electron chi connectivity index (χ2n) is 5.68. The average Bonchev–Trinajstić information content (AvgIpc) is 2.76. The number of carbonyl (C=O) groups is 1. The topological polar surface area (TPSA) is 72.5 Å². The van der Waals surface area contributed by atoms with Crippen LogP contribution in [0.3, 0.4) is 0 Å². The van der Waals surface area contributed by atoms with Gasteiger partial charge in [0.15, 0.2) is 23.0 Å². The van der Waals surface area contributed by atoms with Gasteiger partial charge in [-0.15, -0.1) is 11.6 Å². The number of ether oxygens (including phenoxy) is 6. The second kappa shape index (κ2) is 9.93. The van der Waals surface area contributed by atoms with Gasteiger partial charge in [-0.25, -0.2) is 0 Å². The Balaban J connectivity index is 2.64. The predicted octanol–water partition coefficient (Wildman–Crippen LogP) is 3.94. The SMILES string of the molecule is C=C(c1cc(OC)c(OC)c(OC)c1)c1ccc(OC)c(OC(=O)CCl)c1OC. The first kappa shape index (κ1) is 22.2. The molecule has 29 heavy (non-hydrogen) atoms. The summed E-state index contributed by atoms with van der Waals surface area (Å²) in [7, 11) is 7.50. The van der Waals surface area contributed by atoms with Crippen LogP contribution >= 0.6 is 11.6 Å². The lowest BCUT2D eigenvalue weighted by molar-refractivity contribution is -0.131. The summed E-state index contributed by atoms with van der Waals surface area (Å²) in [6, 6.07) is 6.93. The third-order valence-electron chi connectivity index (χ3n) is 4.16. The summed E-state index contributed by atoms with van der Waals surface area (Å²) in [6.45, 7) is 4.17. The summed E-state index contributed by atoms with van der Waals surface area (Å²) in [6.07, 6.45) is 0. The van der Waals surface area contributed by atoms with Gasteiger partial charge in [-0.2, -0.15) is 0 Å². The highest BCUT2D eigenvalue weighted by Crippen LogP contribution is 2.46. The van der Waals surface area contributed by atoms with Gasteiger partial charge in [-0.3, -0.25) is 4.79 Å². The van der Waals surface area contributed by atoms with Gasteiger partial charge in [0.25, 0.3) is 0 Å². The van der Waals surface area contributed by atoms with E-state index < -0.39 is 5.97 Å². The number of hydrogen-bond acceptors (Lipinski definition) is 7. The van der Waals surface area contributed by atoms with Crippen LogP contribution in [0.4, 0.5) is 0 Å². The van der Waals surface area contributed by atoms with Gasteiger partial charge in [0.1, 0.15) is 5.88 Å². The maximum absolute atomic E-state index is 11.8. The zero-order valence-corrected chi connectivity index (χ0v) is 17.7. The van der Waals surface area contributed by atoms with Crippen molar-refractivity contribution in [2.24, 2.45) is 0 Å². The Morgan fingerprint density at radius 3 is 1.83 bits per heavy atom. The molecule has 0 heterocycles. The van der Waals surface area contributed by atoms with Gasteiger partial charge in [0.2, 0.25) is 11.5 Å². The van der Waals surface area contributed by atoms with Gasteiger partial charge in [-0.1, -0.05) is 6.58 Å². The van der Waals surface area contributed by atoms with Crippen molar-refractivity contribution in [1.29, 1.82) is 0 Å². The highest BCUT2D eigenvalue weighted by atomic mass is 35.5. The van der Waals surface area contributed by atoms with E-state index in [4.69, 9.17) is 40.0 Å². The minimum absolute atomic E-state index is 0.117. The van der Waals surface area contributed by atoms with Crippen LogP contribution in [0.15, 0.2) is 30.8 Å². The first-order valence-corrected chi connectivity index (χ1v) is 9.00. The minimum Gasteiger partial charge on any atom is -0.493 e. The van der Waals surface area contributed by atoms with Crippen molar-refractivity contribution in [2.75, 3.05) is 41.4 Å². The quantitative estimate of drug-likeness (QED) is 0.344. The summed E-state index contributed by atoms with van der Waals surface area (Å²) >= 11 is 5.57. The largest absolute Gasteiger partial charge is 0.493 e. The van der Waals surface area contributed by atoms with E-state index in [9.17, 15) is 4.79 Å². The molecule has 8 heteroatoms. The molecule has 0 unspecified atom stereocenters. The van der Waals surface area contributed by atoms with E-state index in [0.29, 0.717) is 39.7 Å². The number of carbonyl (C=O) groups excluding carboxylic acids is 1. The molecule has 2 rings (SSSR count). The van der Waals surface area contributed by atoms with Crippen LogP contribution in [0, 0.1) is 0 Å². The number of rotatable bonds is 9. The molecule has 0 aliphatic heterocycles. The van der Waals surface area contributed by atoms with Gasteiger partial charge in [0, 0.05) is 5.56 Å². The van der Waals surface area contributed by atoms with Gasteiger partial charge >= 0.3 is 5.97 Å². The standard InChI is InChI=1S/C21H23ClO7/c1-12(13-9-16(25-3)20(28-6)17(10-13)26-4)14-7-8-15(24-2)21(19(14)27-5)29-18(23)11-22/h7-10H,1,11H2,2-6H3. The summed E-state index contributed by atoms with van der Waals surface area (Å²) < 4.78 is 32.3. The Bertz CT molecular complexity index is 883. The van der Waals surface area contributed by atoms with Crippen LogP contribution in [-0.4, -0.2) is 47.4 Å². The van der Waals surface area contributed by atoms with Crippen LogP contribution in [0.25, 0.3) is 5.57 Å². The Labute approximate surface area is 174 Å². The van der Waals surface area contributed by atoms with E-state index in [-0.39, 0.29) is 17.4 Å². The Kier molecular flexibility index (Phi) is 7.61. The highest BCUT2D eigenvalue weighted by Gasteiger charge is 2.23. The van der Waals surface area contributed by atoms with Crippen LogP contribution in [0.5, 0.6) is 34.5 Å². The lowest BCUT2D eigenvalue weighted by Crippen LogP contribution is -2.11. The van der Waals surface area contributed by atoms with Crippen molar-refractivity contribution < 1.29 is 33.2 Å². The molecular weight excluding hydrogens is 400 g/mol. The molecule has 0 spiro atoms. The summed E-state index contributed by atoms with van der Waals surface area (Å²) in [5.41, 5.74) is 1.85. The number of esters is 1. The molecule has 0 aromatic heterocycles. The molecule has 2 aromatic rings. The molecule has 156 valence electrons. The van der Waals surface area contributed by atoms with E-state index in [1.54, 1.807) is 24.3 Å². The molecule has 0 aliphatic carbocycles. The van der Waals surface area contributed by atoms with Crippen molar-refractivity contribution in [3.63, 3.8) is 0 Å². The molecule has 0 fully saturated rings. The first-order valence-electron chi connectivity index (χ1n) is 8.46. The van der Waals surface area contributed by atoms with E-state index in [1.807, 2.05) is 0 Å². The molecule has 0 radical (unpaired) electrons. The average molecular weight is 423 g/mol. The molecular formula is C21H23ClO7. The molecule has 0 bridgehead atoms. The van der Waals surface area contributed by atoms with E-state index in [2.05, 4.69) is 6.58 Å². The van der Waals surface area contributed by atoms with E-state index >= 15 is 0 Å². The third-order valence-corrected chi connectivity index (χ3v) is 4.38. The maximum atomic E-state index is 11.8. The van der Waals surface area contributed by atoms with Crippen LogP contribution in [0.1, 0.15) is 11.1 Å². The number of hydrogen-bond donors (Lipinski definition) is 0. The zero-order valence-electron chi connectivity index (χ0n) is 17.0. The lowest BCUT2D eigenvalue weighted by Gasteiger charge is -2.19. The monoisotopic (exact) mass is 422 g/mol. The van der Waals surface area contributed by atoms with Crippen molar-refractivity contribution in [3.8, 4) is 34.5 Å². The third kappa shape index (κ3) is 4.51. The highest BCUT2D eigenvalue weighted by molar-refractivity contribution is 6.26. The van der Waals surface area contributed by atoms with Crippen LogP contribution in [0.2, 0.25) is 0 Å². The molecule has 0 aliphatic rings. The fourth-order valence-corrected chi connectivity index (χ4v) is 2.85. The maximum Gasteiger partial charge on any atom is 0.326 e. The number of halogens is 1. The zero-order chi connectivity index (χ0) is 21.6. The summed E-state index contributed by atoms with van der Waals surface area (Å²) in [5, 5.41) is 0. The number of benzene rings is 2. The Morgan fingerprint density at radius 2 is 1.38 bits per heavy atom. The van der Waals surface area contributed by atoms with Gasteiger partial charge in [-0.05, 0) is 35.4 Å². The van der Waals surface area contributed by atoms with Crippen molar-refractivity contribution in [1.82, 2.24) is 0 Å². The Hall–Kier alpha value is -3.06. The fraction of sp³-hybridized carbons (Fsp3) is 0.286. The lowest BCUT2D eigenvalue weighted by atomic mass is 9.97. The molecule has 0 amide bonds. The number of alkyl halides is 1. The second-order valence-corrected chi connectivity index (χ2v) is 5.95. The van der Waals surface area contributed by atoms with Gasteiger partial charge in [0.05, 0.1) is 35.5 Å². The predicted molar refractivity (Wildman–Crippen MR) is 110 cm³/mol. The minimum atomic E-state index is -0.640. The van der Waals surface area contributed by atoms with Crippen molar-refractivity contribution in [2.45, 2.75) is 0 Å². The van der Waals surface area contributed by atoms with Crippen molar-refractivity contribution >= 4 is 23.1 Å². The van der Waals surface area contributed by atoms with Crippen LogP contribution < -0.4 is 28.4 Å². The van der Waals surface area contributed by atoms with E-state index in [0.717, 1.165) is 0 Å². The molecule has 0 atom stereocenters. The molecule has 0 saturated carbocycles. The first-order chi connectivity index (χ1) is 13.9. The molecule has 2 aromatic carbocycles. The normalized spacial score (nSPS) is 10.1. The summed E-state index contributed by atoms with van der Waals surface area (Å²) in [4.78, 5) is 11.8. The molecule has 0 saturated heterocycles. The van der Waals surface area contributed by atoms with Gasteiger partial charge < -0.3 is 28.4 Å². The Morgan fingerprint density at radius 1 is 0.828 bits per heavy atom. The smallest absolute Gasteiger partial charge is 0.326 e. The van der Waals surface area contributed by atoms with Crippen molar-refractivity contribution in [3.05, 3.63) is 42.0 Å². The fourth-order valence-electron chi connectivity index (χ4n) is 2.79. The summed E-state index contributed by atoms with van der Waals surface area (Å²) in [5.74, 6) is 1.18. The van der Waals surface area contributed by atoms with E-state index in [1.165, 1.54) is 35.5 Å². The molecule has 0 N–H and O–H groups in total. The number of methoxy groups -OCH3 is 5. The van der Waals surface area contributed by atoms with Crippen LogP contribution in [-0.2, 0) is 4.79 Å². The molecule has 7 nitrogen and oxygen atoms in total.